The maximum absolute atomic E-state index is 11.0. The second-order valence-electron chi connectivity index (χ2n) is 5.25. The first kappa shape index (κ1) is 13.1. The highest BCUT2D eigenvalue weighted by Gasteiger charge is 2.38. The Labute approximate surface area is 119 Å². The zero-order chi connectivity index (χ0) is 14.0. The molecular weight excluding hydrogens is 248 g/mol. The summed E-state index contributed by atoms with van der Waals surface area (Å²) in [7, 11) is 0. The molecule has 102 valence electrons. The van der Waals surface area contributed by atoms with Crippen LogP contribution in [0.4, 0.5) is 0 Å². The van der Waals surface area contributed by atoms with Gasteiger partial charge in [-0.3, -0.25) is 0 Å². The van der Waals surface area contributed by atoms with E-state index in [1.165, 1.54) is 5.56 Å². The molecule has 1 atom stereocenters. The second kappa shape index (κ2) is 5.23. The van der Waals surface area contributed by atoms with Crippen molar-refractivity contribution in [3.05, 3.63) is 76.9 Å². The van der Waals surface area contributed by atoms with Crippen LogP contribution in [0.15, 0.2) is 60.2 Å². The molecule has 2 aromatic carbocycles. The van der Waals surface area contributed by atoms with Crippen LogP contribution in [-0.4, -0.2) is 18.3 Å². The fraction of sp³-hybridized carbons (Fsp3) is 0.222. The Morgan fingerprint density at radius 1 is 1.05 bits per heavy atom. The predicted molar refractivity (Wildman–Crippen MR) is 80.3 cm³/mol. The molecular formula is C18H18O2. The van der Waals surface area contributed by atoms with Crippen molar-refractivity contribution in [1.82, 2.24) is 0 Å². The van der Waals surface area contributed by atoms with Gasteiger partial charge in [-0.2, -0.15) is 0 Å². The number of ether oxygens (including phenoxy) is 1. The quantitative estimate of drug-likeness (QED) is 0.903. The van der Waals surface area contributed by atoms with Crippen LogP contribution in [-0.2, 0) is 10.3 Å². The summed E-state index contributed by atoms with van der Waals surface area (Å²) in [6, 6.07) is 17.9. The van der Waals surface area contributed by atoms with Crippen LogP contribution in [0.3, 0.4) is 0 Å². The van der Waals surface area contributed by atoms with Gasteiger partial charge in [0.1, 0.15) is 5.60 Å². The van der Waals surface area contributed by atoms with E-state index in [-0.39, 0.29) is 0 Å². The molecule has 20 heavy (non-hydrogen) atoms. The number of aliphatic hydroxyl groups is 1. The third-order valence-corrected chi connectivity index (χ3v) is 3.87. The van der Waals surface area contributed by atoms with Crippen molar-refractivity contribution in [2.75, 3.05) is 13.2 Å². The number of rotatable bonds is 2. The van der Waals surface area contributed by atoms with E-state index in [4.69, 9.17) is 4.74 Å². The van der Waals surface area contributed by atoms with Crippen molar-refractivity contribution in [3.8, 4) is 0 Å². The maximum atomic E-state index is 11.0. The third kappa shape index (κ3) is 2.28. The summed E-state index contributed by atoms with van der Waals surface area (Å²) in [5.41, 5.74) is 3.11. The second-order valence-corrected chi connectivity index (χ2v) is 5.25. The highest BCUT2D eigenvalue weighted by Crippen LogP contribution is 2.36. The molecule has 3 rings (SSSR count). The summed E-state index contributed by atoms with van der Waals surface area (Å²) in [5, 5.41) is 11.0. The van der Waals surface area contributed by atoms with Crippen LogP contribution in [0.5, 0.6) is 0 Å². The van der Waals surface area contributed by atoms with Crippen LogP contribution in [0.1, 0.15) is 16.7 Å². The van der Waals surface area contributed by atoms with E-state index in [1.807, 2.05) is 42.5 Å². The van der Waals surface area contributed by atoms with Gasteiger partial charge in [0, 0.05) is 0 Å². The Balaban J connectivity index is 2.03. The molecule has 1 heterocycles. The normalized spacial score (nSPS) is 24.2. The van der Waals surface area contributed by atoms with E-state index in [9.17, 15) is 5.11 Å². The Hall–Kier alpha value is -1.90. The van der Waals surface area contributed by atoms with Gasteiger partial charge in [0.25, 0.3) is 0 Å². The smallest absolute Gasteiger partial charge is 0.136 e. The molecule has 0 saturated carbocycles. The van der Waals surface area contributed by atoms with Crippen molar-refractivity contribution < 1.29 is 9.84 Å². The molecule has 0 bridgehead atoms. The summed E-state index contributed by atoms with van der Waals surface area (Å²) in [6.45, 7) is 2.86. The van der Waals surface area contributed by atoms with Crippen molar-refractivity contribution in [2.45, 2.75) is 12.5 Å². The largest absolute Gasteiger partial charge is 0.378 e. The van der Waals surface area contributed by atoms with Gasteiger partial charge in [-0.25, -0.2) is 0 Å². The van der Waals surface area contributed by atoms with Gasteiger partial charge >= 0.3 is 0 Å². The Morgan fingerprint density at radius 3 is 2.50 bits per heavy atom. The third-order valence-electron chi connectivity index (χ3n) is 3.87. The van der Waals surface area contributed by atoms with Gasteiger partial charge in [-0.05, 0) is 35.3 Å². The molecule has 0 unspecified atom stereocenters. The lowest BCUT2D eigenvalue weighted by molar-refractivity contribution is 0.0402. The number of hydrogen-bond acceptors (Lipinski definition) is 2. The Morgan fingerprint density at radius 2 is 1.75 bits per heavy atom. The van der Waals surface area contributed by atoms with Gasteiger partial charge < -0.3 is 9.84 Å². The van der Waals surface area contributed by atoms with Crippen LogP contribution in [0.25, 0.3) is 6.08 Å². The summed E-state index contributed by atoms with van der Waals surface area (Å²) < 4.78 is 5.52. The Bertz CT molecular complexity index is 631. The molecule has 1 aliphatic rings. The highest BCUT2D eigenvalue weighted by atomic mass is 16.5. The molecule has 0 amide bonds. The molecule has 0 aliphatic carbocycles. The first-order valence-electron chi connectivity index (χ1n) is 6.82. The molecule has 0 aromatic heterocycles. The lowest BCUT2D eigenvalue weighted by Crippen LogP contribution is -2.27. The molecule has 1 N–H and O–H groups in total. The molecule has 0 spiro atoms. The molecule has 1 saturated heterocycles. The molecule has 2 heteroatoms. The summed E-state index contributed by atoms with van der Waals surface area (Å²) in [6.07, 6.45) is 2.05. The minimum atomic E-state index is -1.01. The summed E-state index contributed by atoms with van der Waals surface area (Å²) in [5.74, 6) is 0. The van der Waals surface area contributed by atoms with Crippen LogP contribution >= 0.6 is 0 Å². The van der Waals surface area contributed by atoms with Crippen molar-refractivity contribution in [3.63, 3.8) is 0 Å². The van der Waals surface area contributed by atoms with Crippen molar-refractivity contribution in [2.24, 2.45) is 0 Å². The minimum absolute atomic E-state index is 0.314. The molecule has 1 fully saturated rings. The van der Waals surface area contributed by atoms with Gasteiger partial charge in [0.05, 0.1) is 13.2 Å². The van der Waals surface area contributed by atoms with Crippen LogP contribution in [0.2, 0.25) is 0 Å². The topological polar surface area (TPSA) is 29.5 Å². The zero-order valence-electron chi connectivity index (χ0n) is 11.5. The average Bonchev–Trinajstić information content (AvgIpc) is 2.85. The van der Waals surface area contributed by atoms with Gasteiger partial charge in [0.2, 0.25) is 0 Å². The van der Waals surface area contributed by atoms with E-state index in [0.717, 1.165) is 16.7 Å². The predicted octanol–water partition coefficient (Wildman–Crippen LogP) is 3.30. The zero-order valence-corrected chi connectivity index (χ0v) is 11.5. The lowest BCUT2D eigenvalue weighted by Gasteiger charge is -2.23. The number of aryl methyl sites for hydroxylation is 1. The van der Waals surface area contributed by atoms with Crippen LogP contribution in [0, 0.1) is 6.92 Å². The first-order valence-corrected chi connectivity index (χ1v) is 6.82. The van der Waals surface area contributed by atoms with E-state index < -0.39 is 5.60 Å². The molecule has 0 radical (unpaired) electrons. The Kier molecular flexibility index (Phi) is 3.43. The average molecular weight is 266 g/mol. The van der Waals surface area contributed by atoms with Crippen molar-refractivity contribution in [1.29, 1.82) is 0 Å². The fourth-order valence-electron chi connectivity index (χ4n) is 2.60. The van der Waals surface area contributed by atoms with E-state index in [2.05, 4.69) is 25.1 Å². The van der Waals surface area contributed by atoms with Gasteiger partial charge in [-0.15, -0.1) is 0 Å². The standard InChI is InChI=1S/C18H18O2/c1-14-7-5-6-8-15(14)11-17-12-20-13-18(17,19)16-9-3-2-4-10-16/h2-11,19H,12-13H2,1H3/b17-11+/t18-/m0/s1. The molecule has 2 aromatic rings. The first-order chi connectivity index (χ1) is 9.70. The monoisotopic (exact) mass is 266 g/mol. The van der Waals surface area contributed by atoms with E-state index in [0.29, 0.717) is 13.2 Å². The minimum Gasteiger partial charge on any atom is -0.378 e. The number of benzene rings is 2. The molecule has 1 aliphatic heterocycles. The maximum Gasteiger partial charge on any atom is 0.136 e. The van der Waals surface area contributed by atoms with Gasteiger partial charge in [-0.1, -0.05) is 54.6 Å². The lowest BCUT2D eigenvalue weighted by atomic mass is 9.87. The van der Waals surface area contributed by atoms with Crippen LogP contribution < -0.4 is 0 Å². The van der Waals surface area contributed by atoms with Crippen molar-refractivity contribution >= 4 is 6.08 Å². The highest BCUT2D eigenvalue weighted by molar-refractivity contribution is 5.60. The number of hydrogen-bond donors (Lipinski definition) is 1. The van der Waals surface area contributed by atoms with E-state index in [1.54, 1.807) is 0 Å². The van der Waals surface area contributed by atoms with Gasteiger partial charge in [0.15, 0.2) is 0 Å². The SMILES string of the molecule is Cc1ccccc1/C=C1\COC[C@]1(O)c1ccccc1. The summed E-state index contributed by atoms with van der Waals surface area (Å²) >= 11 is 0. The fourth-order valence-corrected chi connectivity index (χ4v) is 2.60. The van der Waals surface area contributed by atoms with E-state index >= 15 is 0 Å². The molecule has 2 nitrogen and oxygen atoms in total. The summed E-state index contributed by atoms with van der Waals surface area (Å²) in [4.78, 5) is 0.